The third-order valence-corrected chi connectivity index (χ3v) is 3.47. The van der Waals surface area contributed by atoms with Gasteiger partial charge in [-0.2, -0.15) is 0 Å². The van der Waals surface area contributed by atoms with Crippen LogP contribution in [0.2, 0.25) is 0 Å². The topological polar surface area (TPSA) is 75.3 Å². The van der Waals surface area contributed by atoms with E-state index in [9.17, 15) is 14.4 Å². The average Bonchev–Trinajstić information content (AvgIpc) is 2.53. The Morgan fingerprint density at radius 2 is 1.67 bits per heavy atom. The van der Waals surface area contributed by atoms with Gasteiger partial charge in [-0.3, -0.25) is 14.4 Å². The summed E-state index contributed by atoms with van der Waals surface area (Å²) in [6.45, 7) is 3.35. The lowest BCUT2D eigenvalue weighted by Crippen LogP contribution is -2.33. The molecule has 2 rings (SSSR count). The van der Waals surface area contributed by atoms with E-state index >= 15 is 0 Å². The monoisotopic (exact) mass is 324 g/mol. The van der Waals surface area contributed by atoms with Gasteiger partial charge in [-0.25, -0.2) is 0 Å². The zero-order valence-electron chi connectivity index (χ0n) is 13.8. The van der Waals surface area contributed by atoms with Crippen LogP contribution in [0.4, 0.5) is 5.69 Å². The van der Waals surface area contributed by atoms with Gasteiger partial charge >= 0.3 is 0 Å². The average molecular weight is 324 g/mol. The fraction of sp³-hybridized carbons (Fsp3) is 0.211. The number of anilines is 1. The van der Waals surface area contributed by atoms with Crippen molar-refractivity contribution in [2.45, 2.75) is 20.3 Å². The summed E-state index contributed by atoms with van der Waals surface area (Å²) in [5.74, 6) is -0.554. The van der Waals surface area contributed by atoms with E-state index in [0.717, 1.165) is 11.1 Å². The van der Waals surface area contributed by atoms with Gasteiger partial charge in [0.1, 0.15) is 0 Å². The lowest BCUT2D eigenvalue weighted by atomic mass is 10.1. The lowest BCUT2D eigenvalue weighted by molar-refractivity contribution is -0.123. The summed E-state index contributed by atoms with van der Waals surface area (Å²) in [6.07, 6.45) is 0.238. The van der Waals surface area contributed by atoms with Crippen LogP contribution in [-0.2, 0) is 16.0 Å². The summed E-state index contributed by atoms with van der Waals surface area (Å²) in [7, 11) is 0. The third kappa shape index (κ3) is 5.35. The Balaban J connectivity index is 1.80. The van der Waals surface area contributed by atoms with Crippen molar-refractivity contribution < 1.29 is 14.4 Å². The van der Waals surface area contributed by atoms with Crippen LogP contribution in [0.25, 0.3) is 0 Å². The molecule has 24 heavy (non-hydrogen) atoms. The van der Waals surface area contributed by atoms with Crippen molar-refractivity contribution in [3.8, 4) is 0 Å². The molecular formula is C19H20N2O3. The van der Waals surface area contributed by atoms with Crippen molar-refractivity contribution in [1.29, 1.82) is 0 Å². The van der Waals surface area contributed by atoms with Gasteiger partial charge in [0.2, 0.25) is 11.8 Å². The molecule has 0 heterocycles. The van der Waals surface area contributed by atoms with Gasteiger partial charge < -0.3 is 10.6 Å². The van der Waals surface area contributed by atoms with Crippen LogP contribution in [-0.4, -0.2) is 24.1 Å². The summed E-state index contributed by atoms with van der Waals surface area (Å²) in [6, 6.07) is 14.3. The molecule has 2 aromatic rings. The highest BCUT2D eigenvalue weighted by Gasteiger charge is 2.07. The first kappa shape index (κ1) is 17.4. The molecule has 0 aromatic heterocycles. The molecule has 5 nitrogen and oxygen atoms in total. The highest BCUT2D eigenvalue weighted by Crippen LogP contribution is 2.09. The zero-order valence-corrected chi connectivity index (χ0v) is 13.8. The third-order valence-electron chi connectivity index (χ3n) is 3.47. The van der Waals surface area contributed by atoms with E-state index in [2.05, 4.69) is 10.6 Å². The quantitative estimate of drug-likeness (QED) is 0.802. The fourth-order valence-electron chi connectivity index (χ4n) is 2.24. The van der Waals surface area contributed by atoms with Crippen molar-refractivity contribution in [3.63, 3.8) is 0 Å². The smallest absolute Gasteiger partial charge is 0.243 e. The largest absolute Gasteiger partial charge is 0.347 e. The molecule has 2 N–H and O–H groups in total. The number of benzene rings is 2. The normalized spacial score (nSPS) is 10.1. The number of rotatable bonds is 6. The van der Waals surface area contributed by atoms with E-state index in [1.807, 2.05) is 31.2 Å². The van der Waals surface area contributed by atoms with E-state index in [0.29, 0.717) is 11.3 Å². The van der Waals surface area contributed by atoms with E-state index in [-0.39, 0.29) is 30.6 Å². The summed E-state index contributed by atoms with van der Waals surface area (Å²) in [4.78, 5) is 34.9. The first-order valence-corrected chi connectivity index (χ1v) is 7.67. The Labute approximate surface area is 141 Å². The number of amides is 2. The first-order chi connectivity index (χ1) is 11.4. The molecule has 0 aliphatic carbocycles. The summed E-state index contributed by atoms with van der Waals surface area (Å²) in [5.41, 5.74) is 3.16. The Morgan fingerprint density at radius 3 is 2.29 bits per heavy atom. The molecule has 0 aliphatic rings. The van der Waals surface area contributed by atoms with Crippen LogP contribution >= 0.6 is 0 Å². The second kappa shape index (κ2) is 8.06. The van der Waals surface area contributed by atoms with Gasteiger partial charge in [0.25, 0.3) is 0 Å². The van der Waals surface area contributed by atoms with Crippen molar-refractivity contribution in [2.24, 2.45) is 0 Å². The SMILES string of the molecule is CC(=O)c1ccc(NC(=O)CNC(=O)Cc2cccc(C)c2)cc1. The standard InChI is InChI=1S/C19H20N2O3/c1-13-4-3-5-15(10-13)11-18(23)20-12-19(24)21-17-8-6-16(7-9-17)14(2)22/h3-10H,11-12H2,1-2H3,(H,20,23)(H,21,24). The van der Waals surface area contributed by atoms with Gasteiger partial charge in [0.05, 0.1) is 13.0 Å². The van der Waals surface area contributed by atoms with Crippen molar-refractivity contribution in [3.05, 3.63) is 65.2 Å². The Hall–Kier alpha value is -2.95. The number of hydrogen-bond donors (Lipinski definition) is 2. The lowest BCUT2D eigenvalue weighted by Gasteiger charge is -2.08. The molecule has 0 atom stereocenters. The minimum atomic E-state index is -0.317. The van der Waals surface area contributed by atoms with Gasteiger partial charge in [-0.1, -0.05) is 29.8 Å². The molecule has 0 aliphatic heterocycles. The predicted octanol–water partition coefficient (Wildman–Crippen LogP) is 2.50. The molecule has 2 aromatic carbocycles. The number of Topliss-reactive ketones (excluding diaryl/α,β-unsaturated/α-hetero) is 1. The van der Waals surface area contributed by atoms with Crippen LogP contribution in [0.3, 0.4) is 0 Å². The number of nitrogens with one attached hydrogen (secondary N) is 2. The fourth-order valence-corrected chi connectivity index (χ4v) is 2.24. The number of aryl methyl sites for hydroxylation is 1. The molecule has 0 spiro atoms. The van der Waals surface area contributed by atoms with Crippen LogP contribution in [0.15, 0.2) is 48.5 Å². The number of carbonyl (C=O) groups excluding carboxylic acids is 3. The molecule has 0 saturated carbocycles. The molecule has 0 unspecified atom stereocenters. The first-order valence-electron chi connectivity index (χ1n) is 7.67. The van der Waals surface area contributed by atoms with Crippen LogP contribution in [0, 0.1) is 6.92 Å². The van der Waals surface area contributed by atoms with Crippen molar-refractivity contribution in [2.75, 3.05) is 11.9 Å². The van der Waals surface area contributed by atoms with E-state index in [1.54, 1.807) is 24.3 Å². The second-order valence-electron chi connectivity index (χ2n) is 5.62. The molecule has 124 valence electrons. The maximum atomic E-state index is 11.9. The highest BCUT2D eigenvalue weighted by atomic mass is 16.2. The number of carbonyl (C=O) groups is 3. The maximum Gasteiger partial charge on any atom is 0.243 e. The molecule has 0 bridgehead atoms. The van der Waals surface area contributed by atoms with Crippen LogP contribution in [0.1, 0.15) is 28.4 Å². The number of hydrogen-bond acceptors (Lipinski definition) is 3. The Morgan fingerprint density at radius 1 is 0.958 bits per heavy atom. The molecular weight excluding hydrogens is 304 g/mol. The summed E-state index contributed by atoms with van der Waals surface area (Å²) in [5, 5.41) is 5.27. The van der Waals surface area contributed by atoms with Gasteiger partial charge in [-0.05, 0) is 43.7 Å². The predicted molar refractivity (Wildman–Crippen MR) is 93.0 cm³/mol. The van der Waals surface area contributed by atoms with Crippen LogP contribution < -0.4 is 10.6 Å². The second-order valence-corrected chi connectivity index (χ2v) is 5.62. The summed E-state index contributed by atoms with van der Waals surface area (Å²) < 4.78 is 0. The van der Waals surface area contributed by atoms with Crippen molar-refractivity contribution >= 4 is 23.3 Å². The van der Waals surface area contributed by atoms with Gasteiger partial charge in [0, 0.05) is 11.3 Å². The highest BCUT2D eigenvalue weighted by molar-refractivity contribution is 5.97. The number of ketones is 1. The molecule has 0 radical (unpaired) electrons. The Bertz CT molecular complexity index is 751. The van der Waals surface area contributed by atoms with Crippen LogP contribution in [0.5, 0.6) is 0 Å². The zero-order chi connectivity index (χ0) is 17.5. The van der Waals surface area contributed by atoms with E-state index in [4.69, 9.17) is 0 Å². The molecule has 0 fully saturated rings. The molecule has 2 amide bonds. The van der Waals surface area contributed by atoms with Gasteiger partial charge in [0.15, 0.2) is 5.78 Å². The summed E-state index contributed by atoms with van der Waals surface area (Å²) >= 11 is 0. The van der Waals surface area contributed by atoms with Crippen molar-refractivity contribution in [1.82, 2.24) is 5.32 Å². The maximum absolute atomic E-state index is 11.9. The Kier molecular flexibility index (Phi) is 5.84. The molecule has 0 saturated heterocycles. The van der Waals surface area contributed by atoms with Gasteiger partial charge in [-0.15, -0.1) is 0 Å². The van der Waals surface area contributed by atoms with E-state index < -0.39 is 0 Å². The minimum Gasteiger partial charge on any atom is -0.347 e. The van der Waals surface area contributed by atoms with E-state index in [1.165, 1.54) is 6.92 Å². The minimum absolute atomic E-state index is 0.0312. The molecule has 5 heteroatoms.